The number of carbonyl (C=O) groups is 1. The average molecular weight is 281 g/mol. The molecule has 0 aromatic carbocycles. The number of esters is 1. The molecule has 0 radical (unpaired) electrons. The van der Waals surface area contributed by atoms with Gasteiger partial charge in [0, 0.05) is 19.6 Å². The zero-order chi connectivity index (χ0) is 14.2. The van der Waals surface area contributed by atoms with Crippen LogP contribution >= 0.6 is 0 Å². The topological polar surface area (TPSA) is 38.8 Å². The van der Waals surface area contributed by atoms with Crippen LogP contribution in [0, 0.1) is 11.8 Å². The van der Waals surface area contributed by atoms with Gasteiger partial charge < -0.3 is 9.47 Å². The molecule has 3 fully saturated rings. The van der Waals surface area contributed by atoms with E-state index in [0.29, 0.717) is 12.0 Å². The summed E-state index contributed by atoms with van der Waals surface area (Å²) >= 11 is 0. The summed E-state index contributed by atoms with van der Waals surface area (Å²) < 4.78 is 11.3. The Labute approximate surface area is 121 Å². The van der Waals surface area contributed by atoms with Crippen molar-refractivity contribution in [1.82, 2.24) is 4.90 Å². The van der Waals surface area contributed by atoms with E-state index in [1.54, 1.807) is 0 Å². The first-order valence-corrected chi connectivity index (χ1v) is 8.10. The van der Waals surface area contributed by atoms with Crippen molar-refractivity contribution in [2.24, 2.45) is 11.8 Å². The molecule has 2 heterocycles. The minimum Gasteiger partial charge on any atom is -0.469 e. The maximum atomic E-state index is 11.7. The molecule has 0 bridgehead atoms. The Morgan fingerprint density at radius 2 is 2.05 bits per heavy atom. The fourth-order valence-electron chi connectivity index (χ4n) is 4.37. The molecular formula is C16H27NO3. The smallest absolute Gasteiger partial charge is 0.310 e. The monoisotopic (exact) mass is 281 g/mol. The lowest BCUT2D eigenvalue weighted by molar-refractivity contribution is -0.146. The van der Waals surface area contributed by atoms with E-state index < -0.39 is 0 Å². The summed E-state index contributed by atoms with van der Waals surface area (Å²) in [5.41, 5.74) is 0.220. The third kappa shape index (κ3) is 2.73. The highest BCUT2D eigenvalue weighted by molar-refractivity contribution is 5.73. The maximum Gasteiger partial charge on any atom is 0.310 e. The van der Waals surface area contributed by atoms with Crippen LogP contribution in [0.25, 0.3) is 0 Å². The van der Waals surface area contributed by atoms with E-state index in [-0.39, 0.29) is 17.5 Å². The number of methoxy groups -OCH3 is 1. The van der Waals surface area contributed by atoms with Gasteiger partial charge in [-0.05, 0) is 31.6 Å². The van der Waals surface area contributed by atoms with Crippen LogP contribution in [0.15, 0.2) is 0 Å². The van der Waals surface area contributed by atoms with E-state index in [9.17, 15) is 4.79 Å². The lowest BCUT2D eigenvalue weighted by Crippen LogP contribution is -2.34. The van der Waals surface area contributed by atoms with Gasteiger partial charge in [0.1, 0.15) is 0 Å². The Balaban J connectivity index is 1.51. The highest BCUT2D eigenvalue weighted by Crippen LogP contribution is 2.43. The summed E-state index contributed by atoms with van der Waals surface area (Å²) in [6.07, 6.45) is 7.97. The van der Waals surface area contributed by atoms with Gasteiger partial charge >= 0.3 is 5.97 Å². The van der Waals surface area contributed by atoms with Crippen molar-refractivity contribution in [2.45, 2.75) is 57.2 Å². The van der Waals surface area contributed by atoms with Crippen molar-refractivity contribution in [2.75, 3.05) is 26.7 Å². The molecule has 3 aliphatic rings. The molecular weight excluding hydrogens is 254 g/mol. The first kappa shape index (κ1) is 14.3. The van der Waals surface area contributed by atoms with Gasteiger partial charge in [-0.3, -0.25) is 9.69 Å². The van der Waals surface area contributed by atoms with Crippen LogP contribution < -0.4 is 0 Å². The molecule has 0 amide bonds. The van der Waals surface area contributed by atoms with E-state index >= 15 is 0 Å². The van der Waals surface area contributed by atoms with E-state index in [1.807, 2.05) is 0 Å². The fourth-order valence-corrected chi connectivity index (χ4v) is 4.37. The molecule has 114 valence electrons. The first-order chi connectivity index (χ1) is 9.62. The molecule has 3 unspecified atom stereocenters. The number of carbonyl (C=O) groups excluding carboxylic acids is 1. The van der Waals surface area contributed by atoms with Crippen LogP contribution in [0.3, 0.4) is 0 Å². The Bertz CT molecular complexity index is 365. The molecule has 20 heavy (non-hydrogen) atoms. The number of likely N-dealkylation sites (tertiary alicyclic amines) is 1. The Morgan fingerprint density at radius 1 is 1.30 bits per heavy atom. The van der Waals surface area contributed by atoms with Crippen LogP contribution in [-0.4, -0.2) is 49.3 Å². The lowest BCUT2D eigenvalue weighted by Gasteiger charge is -2.26. The van der Waals surface area contributed by atoms with E-state index in [4.69, 9.17) is 9.47 Å². The second kappa shape index (κ2) is 5.64. The van der Waals surface area contributed by atoms with Gasteiger partial charge in [0.15, 0.2) is 0 Å². The Hall–Kier alpha value is -0.610. The van der Waals surface area contributed by atoms with Crippen LogP contribution in [-0.2, 0) is 14.3 Å². The van der Waals surface area contributed by atoms with Crippen LogP contribution in [0.4, 0.5) is 0 Å². The van der Waals surface area contributed by atoms with Crippen molar-refractivity contribution in [1.29, 1.82) is 0 Å². The van der Waals surface area contributed by atoms with Gasteiger partial charge in [0.2, 0.25) is 0 Å². The molecule has 2 aliphatic heterocycles. The third-order valence-electron chi connectivity index (χ3n) is 5.51. The van der Waals surface area contributed by atoms with Crippen LogP contribution in [0.2, 0.25) is 0 Å². The molecule has 1 aliphatic carbocycles. The number of hydrogen-bond donors (Lipinski definition) is 0. The molecule has 0 N–H and O–H groups in total. The minimum absolute atomic E-state index is 0.0434. The van der Waals surface area contributed by atoms with Crippen LogP contribution in [0.5, 0.6) is 0 Å². The molecule has 4 heteroatoms. The molecule has 1 saturated carbocycles. The zero-order valence-electron chi connectivity index (χ0n) is 12.8. The van der Waals surface area contributed by atoms with Crippen LogP contribution in [0.1, 0.15) is 45.4 Å². The second-order valence-corrected chi connectivity index (χ2v) is 6.99. The fraction of sp³-hybridized carbons (Fsp3) is 0.938. The standard InChI is InChI=1S/C16H27NO3/c1-12-9-17(11-14(12)15(18)19-2)10-13-5-8-16(20-13)6-3-4-7-16/h12-14H,3-11H2,1-2H3. The molecule has 2 saturated heterocycles. The average Bonchev–Trinajstić information content (AvgIpc) is 3.13. The number of nitrogens with zero attached hydrogens (tertiary/aromatic N) is 1. The highest BCUT2D eigenvalue weighted by atomic mass is 16.5. The number of ether oxygens (including phenoxy) is 2. The Kier molecular flexibility index (Phi) is 4.04. The van der Waals surface area contributed by atoms with Crippen molar-refractivity contribution < 1.29 is 14.3 Å². The molecule has 3 rings (SSSR count). The summed E-state index contributed by atoms with van der Waals surface area (Å²) in [6, 6.07) is 0. The van der Waals surface area contributed by atoms with Gasteiger partial charge in [0.25, 0.3) is 0 Å². The predicted octanol–water partition coefficient (Wildman–Crippen LogP) is 2.22. The molecule has 1 spiro atoms. The van der Waals surface area contributed by atoms with Gasteiger partial charge in [-0.15, -0.1) is 0 Å². The zero-order valence-corrected chi connectivity index (χ0v) is 12.8. The summed E-state index contributed by atoms with van der Waals surface area (Å²) in [7, 11) is 1.49. The third-order valence-corrected chi connectivity index (χ3v) is 5.51. The quantitative estimate of drug-likeness (QED) is 0.744. The molecule has 0 aromatic heterocycles. The van der Waals surface area contributed by atoms with E-state index in [0.717, 1.165) is 19.6 Å². The highest BCUT2D eigenvalue weighted by Gasteiger charge is 2.44. The first-order valence-electron chi connectivity index (χ1n) is 8.10. The van der Waals surface area contributed by atoms with Gasteiger partial charge in [0.05, 0.1) is 24.7 Å². The van der Waals surface area contributed by atoms with Crippen molar-refractivity contribution in [3.8, 4) is 0 Å². The van der Waals surface area contributed by atoms with Crippen molar-refractivity contribution >= 4 is 5.97 Å². The van der Waals surface area contributed by atoms with E-state index in [2.05, 4.69) is 11.8 Å². The predicted molar refractivity (Wildman–Crippen MR) is 76.4 cm³/mol. The maximum absolute atomic E-state index is 11.7. The van der Waals surface area contributed by atoms with Gasteiger partial charge in [-0.1, -0.05) is 19.8 Å². The Morgan fingerprint density at radius 3 is 2.75 bits per heavy atom. The largest absolute Gasteiger partial charge is 0.469 e. The summed E-state index contributed by atoms with van der Waals surface area (Å²) in [5, 5.41) is 0. The number of rotatable bonds is 3. The normalized spacial score (nSPS) is 36.8. The molecule has 0 aromatic rings. The van der Waals surface area contributed by atoms with Gasteiger partial charge in [-0.2, -0.15) is 0 Å². The molecule has 3 atom stereocenters. The van der Waals surface area contributed by atoms with Gasteiger partial charge in [-0.25, -0.2) is 0 Å². The summed E-state index contributed by atoms with van der Waals surface area (Å²) in [4.78, 5) is 14.1. The summed E-state index contributed by atoms with van der Waals surface area (Å²) in [6.45, 7) is 4.96. The van der Waals surface area contributed by atoms with E-state index in [1.165, 1.54) is 45.6 Å². The van der Waals surface area contributed by atoms with Crippen molar-refractivity contribution in [3.63, 3.8) is 0 Å². The SMILES string of the molecule is COC(=O)C1CN(CC2CCC3(CCCC3)O2)CC1C. The number of hydrogen-bond acceptors (Lipinski definition) is 4. The minimum atomic E-state index is -0.0559. The molecule has 4 nitrogen and oxygen atoms in total. The lowest BCUT2D eigenvalue weighted by atomic mass is 9.98. The second-order valence-electron chi connectivity index (χ2n) is 6.99. The summed E-state index contributed by atoms with van der Waals surface area (Å²) in [5.74, 6) is 0.380. The van der Waals surface area contributed by atoms with Crippen molar-refractivity contribution in [3.05, 3.63) is 0 Å².